The van der Waals surface area contributed by atoms with E-state index in [1.165, 1.54) is 11.1 Å². The molecular formula is C10H16F2N4O. The van der Waals surface area contributed by atoms with E-state index < -0.39 is 13.0 Å². The highest BCUT2D eigenvalue weighted by Gasteiger charge is 2.14. The maximum Gasteiger partial charge on any atom is 0.255 e. The number of anilines is 2. The average molecular weight is 246 g/mol. The molecule has 0 aliphatic rings. The molecule has 0 aliphatic heterocycles. The number of aliphatic hydroxyl groups excluding tert-OH is 1. The van der Waals surface area contributed by atoms with Crippen LogP contribution < -0.4 is 9.80 Å². The summed E-state index contributed by atoms with van der Waals surface area (Å²) in [6.45, 7) is -0.535. The second-order valence-electron chi connectivity index (χ2n) is 3.67. The van der Waals surface area contributed by atoms with Gasteiger partial charge in [-0.2, -0.15) is 4.98 Å². The summed E-state index contributed by atoms with van der Waals surface area (Å²) in [4.78, 5) is 11.2. The number of halogens is 2. The Hall–Kier alpha value is -1.50. The summed E-state index contributed by atoms with van der Waals surface area (Å²) in [6, 6.07) is 1.55. The number of aromatic nitrogens is 2. The van der Waals surface area contributed by atoms with Crippen LogP contribution in [0.3, 0.4) is 0 Å². The van der Waals surface area contributed by atoms with Crippen molar-refractivity contribution in [2.45, 2.75) is 6.43 Å². The summed E-state index contributed by atoms with van der Waals surface area (Å²) in [5, 5.41) is 8.85. The van der Waals surface area contributed by atoms with Gasteiger partial charge in [0.15, 0.2) is 0 Å². The van der Waals surface area contributed by atoms with Gasteiger partial charge in [0.2, 0.25) is 5.95 Å². The highest BCUT2D eigenvalue weighted by molar-refractivity contribution is 5.43. The third-order valence-electron chi connectivity index (χ3n) is 2.08. The van der Waals surface area contributed by atoms with Gasteiger partial charge in [0, 0.05) is 26.8 Å². The van der Waals surface area contributed by atoms with E-state index in [1.54, 1.807) is 25.1 Å². The Morgan fingerprint density at radius 1 is 1.41 bits per heavy atom. The van der Waals surface area contributed by atoms with Gasteiger partial charge < -0.3 is 14.9 Å². The van der Waals surface area contributed by atoms with Gasteiger partial charge in [0.1, 0.15) is 5.82 Å². The SMILES string of the molecule is CN(C)c1nccc(N(CCO)CC(F)F)n1. The molecule has 1 N–H and O–H groups in total. The third-order valence-corrected chi connectivity index (χ3v) is 2.08. The Kier molecular flexibility index (Phi) is 5.02. The number of rotatable bonds is 6. The number of nitrogens with zero attached hydrogens (tertiary/aromatic N) is 4. The van der Waals surface area contributed by atoms with E-state index in [4.69, 9.17) is 5.11 Å². The van der Waals surface area contributed by atoms with Crippen molar-refractivity contribution < 1.29 is 13.9 Å². The van der Waals surface area contributed by atoms with E-state index in [9.17, 15) is 8.78 Å². The van der Waals surface area contributed by atoms with Gasteiger partial charge in [0.05, 0.1) is 13.2 Å². The topological polar surface area (TPSA) is 52.5 Å². The van der Waals surface area contributed by atoms with Crippen molar-refractivity contribution >= 4 is 11.8 Å². The van der Waals surface area contributed by atoms with E-state index in [-0.39, 0.29) is 13.2 Å². The van der Waals surface area contributed by atoms with Crippen LogP contribution in [0.5, 0.6) is 0 Å². The zero-order valence-corrected chi connectivity index (χ0v) is 9.85. The van der Waals surface area contributed by atoms with E-state index in [0.29, 0.717) is 11.8 Å². The van der Waals surface area contributed by atoms with Crippen LogP contribution in [0.25, 0.3) is 0 Å². The fourth-order valence-electron chi connectivity index (χ4n) is 1.32. The van der Waals surface area contributed by atoms with Crippen LogP contribution in [0.15, 0.2) is 12.3 Å². The first-order chi connectivity index (χ1) is 8.04. The molecule has 0 unspecified atom stereocenters. The van der Waals surface area contributed by atoms with Gasteiger partial charge in [-0.05, 0) is 6.07 Å². The lowest BCUT2D eigenvalue weighted by Crippen LogP contribution is -2.32. The lowest BCUT2D eigenvalue weighted by molar-refractivity contribution is 0.152. The molecular weight excluding hydrogens is 230 g/mol. The maximum absolute atomic E-state index is 12.4. The number of hydrogen-bond donors (Lipinski definition) is 1. The first kappa shape index (κ1) is 13.6. The van der Waals surface area contributed by atoms with Crippen LogP contribution >= 0.6 is 0 Å². The third kappa shape index (κ3) is 4.10. The number of aliphatic hydroxyl groups is 1. The molecule has 5 nitrogen and oxygen atoms in total. The van der Waals surface area contributed by atoms with E-state index in [2.05, 4.69) is 9.97 Å². The van der Waals surface area contributed by atoms with Crippen LogP contribution in [-0.2, 0) is 0 Å². The molecule has 0 aliphatic carbocycles. The molecule has 0 aromatic carbocycles. The predicted molar refractivity (Wildman–Crippen MR) is 61.7 cm³/mol. The van der Waals surface area contributed by atoms with Crippen molar-refractivity contribution in [2.75, 3.05) is 43.6 Å². The summed E-state index contributed by atoms with van der Waals surface area (Å²) in [5.41, 5.74) is 0. The lowest BCUT2D eigenvalue weighted by Gasteiger charge is -2.23. The standard InChI is InChI=1S/C10H16F2N4O/c1-15(2)10-13-4-3-9(14-10)16(5-6-17)7-8(11)12/h3-4,8,17H,5-7H2,1-2H3. The van der Waals surface area contributed by atoms with Crippen molar-refractivity contribution in [3.8, 4) is 0 Å². The van der Waals surface area contributed by atoms with Crippen molar-refractivity contribution in [1.82, 2.24) is 9.97 Å². The Bertz CT molecular complexity index is 349. The van der Waals surface area contributed by atoms with Crippen molar-refractivity contribution in [2.24, 2.45) is 0 Å². The first-order valence-electron chi connectivity index (χ1n) is 5.19. The molecule has 0 radical (unpaired) electrons. The van der Waals surface area contributed by atoms with Gasteiger partial charge >= 0.3 is 0 Å². The summed E-state index contributed by atoms with van der Waals surface area (Å²) < 4.78 is 24.8. The smallest absolute Gasteiger partial charge is 0.255 e. The molecule has 0 fully saturated rings. The Morgan fingerprint density at radius 3 is 2.65 bits per heavy atom. The molecule has 1 aromatic rings. The maximum atomic E-state index is 12.4. The minimum atomic E-state index is -2.47. The summed E-state index contributed by atoms with van der Waals surface area (Å²) >= 11 is 0. The summed E-state index contributed by atoms with van der Waals surface area (Å²) in [7, 11) is 3.53. The largest absolute Gasteiger partial charge is 0.395 e. The molecule has 0 saturated carbocycles. The number of hydrogen-bond acceptors (Lipinski definition) is 5. The normalized spacial score (nSPS) is 10.7. The van der Waals surface area contributed by atoms with Gasteiger partial charge in [-0.1, -0.05) is 0 Å². The second-order valence-corrected chi connectivity index (χ2v) is 3.67. The van der Waals surface area contributed by atoms with Crippen LogP contribution in [0, 0.1) is 0 Å². The minimum absolute atomic E-state index is 0.119. The van der Waals surface area contributed by atoms with Gasteiger partial charge in [0.25, 0.3) is 6.43 Å². The predicted octanol–water partition coefficient (Wildman–Crippen LogP) is 0.606. The van der Waals surface area contributed by atoms with Crippen molar-refractivity contribution in [1.29, 1.82) is 0 Å². The molecule has 1 rings (SSSR count). The van der Waals surface area contributed by atoms with E-state index in [1.807, 2.05) is 0 Å². The molecule has 0 saturated heterocycles. The monoisotopic (exact) mass is 246 g/mol. The molecule has 0 amide bonds. The van der Waals surface area contributed by atoms with Gasteiger partial charge in [-0.3, -0.25) is 0 Å². The van der Waals surface area contributed by atoms with Crippen molar-refractivity contribution in [3.05, 3.63) is 12.3 Å². The van der Waals surface area contributed by atoms with Crippen LogP contribution in [0.1, 0.15) is 0 Å². The Morgan fingerprint density at radius 2 is 2.12 bits per heavy atom. The highest BCUT2D eigenvalue weighted by Crippen LogP contribution is 2.14. The Labute approximate surface area is 98.7 Å². The lowest BCUT2D eigenvalue weighted by atomic mass is 10.4. The Balaban J connectivity index is 2.88. The van der Waals surface area contributed by atoms with E-state index in [0.717, 1.165) is 0 Å². The van der Waals surface area contributed by atoms with Gasteiger partial charge in [-0.15, -0.1) is 0 Å². The average Bonchev–Trinajstić information content (AvgIpc) is 2.28. The van der Waals surface area contributed by atoms with Crippen LogP contribution in [-0.4, -0.2) is 55.3 Å². The zero-order valence-electron chi connectivity index (χ0n) is 9.85. The molecule has 0 atom stereocenters. The van der Waals surface area contributed by atoms with Crippen LogP contribution in [0.2, 0.25) is 0 Å². The fraction of sp³-hybridized carbons (Fsp3) is 0.600. The molecule has 7 heteroatoms. The molecule has 96 valence electrons. The highest BCUT2D eigenvalue weighted by atomic mass is 19.3. The fourth-order valence-corrected chi connectivity index (χ4v) is 1.32. The summed E-state index contributed by atoms with van der Waals surface area (Å²) in [6.07, 6.45) is -0.965. The van der Waals surface area contributed by atoms with Crippen LogP contribution in [0.4, 0.5) is 20.5 Å². The quantitative estimate of drug-likeness (QED) is 0.797. The van der Waals surface area contributed by atoms with E-state index >= 15 is 0 Å². The van der Waals surface area contributed by atoms with Gasteiger partial charge in [-0.25, -0.2) is 13.8 Å². The zero-order chi connectivity index (χ0) is 12.8. The number of alkyl halides is 2. The molecule has 17 heavy (non-hydrogen) atoms. The molecule has 0 spiro atoms. The first-order valence-corrected chi connectivity index (χ1v) is 5.19. The molecule has 1 heterocycles. The minimum Gasteiger partial charge on any atom is -0.395 e. The molecule has 1 aromatic heterocycles. The van der Waals surface area contributed by atoms with Crippen molar-refractivity contribution in [3.63, 3.8) is 0 Å². The summed E-state index contributed by atoms with van der Waals surface area (Å²) in [5.74, 6) is 0.831. The second kappa shape index (κ2) is 6.29. The molecule has 0 bridgehead atoms.